The lowest BCUT2D eigenvalue weighted by molar-refractivity contribution is -0.403. The molecule has 11 unspecified atom stereocenters. The number of aliphatic hydroxyl groups excluding tert-OH is 17. The first-order valence-electron chi connectivity index (χ1n) is 27.3. The molecule has 6 heterocycles. The largest absolute Gasteiger partial charge is 0.477 e. The van der Waals surface area contributed by atoms with Crippen molar-refractivity contribution in [1.82, 2.24) is 5.32 Å². The Balaban J connectivity index is 1.46. The van der Waals surface area contributed by atoms with Gasteiger partial charge in [0.15, 0.2) is 25.2 Å². The van der Waals surface area contributed by atoms with Crippen LogP contribution in [0, 0.1) is 17.8 Å². The Labute approximate surface area is 479 Å². The normalized spacial score (nSPS) is 46.4. The monoisotopic (exact) mass is 1230 g/mol. The van der Waals surface area contributed by atoms with Gasteiger partial charge in [-0.1, -0.05) is 20.8 Å². The minimum absolute atomic E-state index is 0.110. The van der Waals surface area contributed by atoms with Crippen LogP contribution in [0.4, 0.5) is 0 Å². The molecule has 0 aromatic heterocycles. The van der Waals surface area contributed by atoms with Gasteiger partial charge >= 0.3 is 11.9 Å². The van der Waals surface area contributed by atoms with Gasteiger partial charge in [0.1, 0.15) is 110 Å². The third kappa shape index (κ3) is 14.8. The Morgan fingerprint density at radius 2 is 0.988 bits per heavy atom. The van der Waals surface area contributed by atoms with Gasteiger partial charge in [-0.15, -0.1) is 0 Å². The fourth-order valence-corrected chi connectivity index (χ4v) is 11.0. The van der Waals surface area contributed by atoms with Crippen LogP contribution < -0.4 is 5.32 Å². The third-order valence-corrected chi connectivity index (χ3v) is 16.2. The summed E-state index contributed by atoms with van der Waals surface area (Å²) in [6.45, 7) is -0.0795. The molecule has 6 aliphatic heterocycles. The van der Waals surface area contributed by atoms with Gasteiger partial charge in [-0.2, -0.15) is 0 Å². The van der Waals surface area contributed by atoms with E-state index < -0.39 is 265 Å². The Morgan fingerprint density at radius 1 is 0.536 bits per heavy atom. The Bertz CT molecular complexity index is 2110. The number of carbonyl (C=O) groups excluding carboxylic acids is 1. The van der Waals surface area contributed by atoms with Crippen LogP contribution in [0.2, 0.25) is 0 Å². The maximum absolute atomic E-state index is 13.5. The molecule has 6 fully saturated rings. The molecular weight excluding hydrogens is 1150 g/mol. The van der Waals surface area contributed by atoms with Crippen LogP contribution in [0.5, 0.6) is 0 Å². The number of carbonyl (C=O) groups is 3. The minimum Gasteiger partial charge on any atom is -0.477 e. The van der Waals surface area contributed by atoms with E-state index in [-0.39, 0.29) is 6.61 Å². The summed E-state index contributed by atoms with van der Waals surface area (Å²) in [5, 5.41) is 209. The summed E-state index contributed by atoms with van der Waals surface area (Å²) >= 11 is 0. The van der Waals surface area contributed by atoms with E-state index in [1.165, 1.54) is 27.7 Å². The molecule has 0 spiro atoms. The van der Waals surface area contributed by atoms with Crippen LogP contribution in [-0.2, 0) is 71.2 Å². The molecule has 20 N–H and O–H groups in total. The van der Waals surface area contributed by atoms with E-state index in [1.807, 2.05) is 0 Å². The Kier molecular flexibility index (Phi) is 24.9. The summed E-state index contributed by atoms with van der Waals surface area (Å²) in [5.74, 6) is -14.8. The maximum Gasteiger partial charge on any atom is 0.364 e. The van der Waals surface area contributed by atoms with E-state index in [4.69, 9.17) is 56.8 Å². The highest BCUT2D eigenvalue weighted by molar-refractivity contribution is 5.76. The van der Waals surface area contributed by atoms with Crippen molar-refractivity contribution in [3.05, 3.63) is 0 Å². The topological polar surface area (TPSA) is 558 Å². The summed E-state index contributed by atoms with van der Waals surface area (Å²) in [4.78, 5) is 39.9. The van der Waals surface area contributed by atoms with Gasteiger partial charge < -0.3 is 159 Å². The average molecular weight is 1230 g/mol. The fourth-order valence-electron chi connectivity index (χ4n) is 11.0. The zero-order chi connectivity index (χ0) is 62.6. The van der Waals surface area contributed by atoms with Crippen molar-refractivity contribution in [1.29, 1.82) is 0 Å². The van der Waals surface area contributed by atoms with Crippen molar-refractivity contribution in [2.45, 2.75) is 225 Å². The predicted octanol–water partition coefficient (Wildman–Crippen LogP) is -10.7. The number of nitrogens with one attached hydrogen (secondary N) is 1. The summed E-state index contributed by atoms with van der Waals surface area (Å²) in [6, 6.07) is -1.98. The van der Waals surface area contributed by atoms with Gasteiger partial charge in [0.25, 0.3) is 11.6 Å². The molecule has 0 aromatic carbocycles. The number of aliphatic hydroxyl groups is 17. The summed E-state index contributed by atoms with van der Waals surface area (Å²) in [6.07, 6.45) is -53.0. The standard InChI is InChI=1S/C49H83NO34/c1-6-73-44-34(67)40(32(65)24(12-54)76-44)81-43-27(50-18(5)56)39(33(66)26(78-43)14-74-48(46(69)70)7-19(57)15(2)36(82-48)29(62)21(59)9-51)80-45-35(68)41(38(25(13-55)77-45)79-42-17(4)28(61)31(64)23(11-53)75-42)84-49(47(71)72)8-20(58)16(3)37(83-49)30(63)22(60)10-52/h15-17,19-45,51-55,57-68H,6-14H2,1-5H3,(H,50,56)(H,69,70)(H,71,72)/t15-,16+,17+,19-,20?,21-,22-,23?,24?,25?,26?,27+,28-,29-,30-,31+,32+,33-,34+,35?,36?,37?,38+,39-,40+,41-,42?,43?,44?,45+,48-,49-/m1/s1. The fraction of sp³-hybridized carbons (Fsp3) is 0.939. The molecule has 6 aliphatic rings. The highest BCUT2D eigenvalue weighted by atomic mass is 16.8. The summed E-state index contributed by atoms with van der Waals surface area (Å²) < 4.78 is 71.1. The molecule has 1 amide bonds. The van der Waals surface area contributed by atoms with Gasteiger partial charge in [0.05, 0.1) is 70.2 Å². The van der Waals surface area contributed by atoms with Crippen molar-refractivity contribution < 1.29 is 168 Å². The average Bonchev–Trinajstić information content (AvgIpc) is 3.29. The lowest BCUT2D eigenvalue weighted by Gasteiger charge is -2.52. The molecular formula is C49H83NO34. The number of ether oxygens (including phenoxy) is 12. The first-order chi connectivity index (χ1) is 39.5. The Morgan fingerprint density at radius 3 is 1.50 bits per heavy atom. The molecule has 0 aliphatic carbocycles. The van der Waals surface area contributed by atoms with Crippen LogP contribution in [0.25, 0.3) is 0 Å². The number of amides is 1. The van der Waals surface area contributed by atoms with Crippen LogP contribution in [0.1, 0.15) is 47.5 Å². The summed E-state index contributed by atoms with van der Waals surface area (Å²) in [7, 11) is 0. The van der Waals surface area contributed by atoms with Crippen molar-refractivity contribution in [2.24, 2.45) is 17.8 Å². The molecule has 0 aromatic rings. The van der Waals surface area contributed by atoms with E-state index in [0.717, 1.165) is 6.92 Å². The van der Waals surface area contributed by atoms with E-state index >= 15 is 0 Å². The third-order valence-electron chi connectivity index (χ3n) is 16.2. The zero-order valence-corrected chi connectivity index (χ0v) is 46.3. The SMILES string of the molecule is CCOC1OC(CO)[C@H](O)[C@H](OC2OC(CO[C@]3(C(=O)O)C[C@@H](O)[C@@H](C)C([C@H](O)[C@H](O)CO)O3)[C@@H](O)[C@H](O[C@@H]3OC(CO)[C@H](OC4OC(CO)[C@H](O)[C@H](O)[C@@H]4C)[C@H](O[C@@]4(C(=O)O)CC(O)[C@H](C)C([C@H](O)[C@H](O)CO)O4)C3O)[C@@H]2NC(C)=O)[C@@H]1O. The van der Waals surface area contributed by atoms with E-state index in [9.17, 15) is 111 Å². The molecule has 6 saturated heterocycles. The molecule has 0 bridgehead atoms. The van der Waals surface area contributed by atoms with Gasteiger partial charge in [0.2, 0.25) is 5.91 Å². The van der Waals surface area contributed by atoms with Crippen LogP contribution in [-0.4, -0.2) is 338 Å². The van der Waals surface area contributed by atoms with Crippen molar-refractivity contribution in [3.8, 4) is 0 Å². The summed E-state index contributed by atoms with van der Waals surface area (Å²) in [5.41, 5.74) is 0. The number of rotatable bonds is 25. The molecule has 488 valence electrons. The Hall–Kier alpha value is -2.75. The highest BCUT2D eigenvalue weighted by Gasteiger charge is 2.62. The first kappa shape index (κ1) is 70.3. The molecule has 35 heteroatoms. The van der Waals surface area contributed by atoms with Crippen molar-refractivity contribution >= 4 is 17.8 Å². The van der Waals surface area contributed by atoms with Crippen LogP contribution in [0.3, 0.4) is 0 Å². The van der Waals surface area contributed by atoms with Gasteiger partial charge in [0, 0.05) is 44.1 Å². The predicted molar refractivity (Wildman–Crippen MR) is 264 cm³/mol. The lowest BCUT2D eigenvalue weighted by Crippen LogP contribution is -2.71. The zero-order valence-electron chi connectivity index (χ0n) is 46.3. The van der Waals surface area contributed by atoms with Gasteiger partial charge in [-0.25, -0.2) is 9.59 Å². The van der Waals surface area contributed by atoms with Crippen LogP contribution in [0.15, 0.2) is 0 Å². The van der Waals surface area contributed by atoms with E-state index in [1.54, 1.807) is 0 Å². The van der Waals surface area contributed by atoms with E-state index in [2.05, 4.69) is 5.32 Å². The van der Waals surface area contributed by atoms with Gasteiger partial charge in [-0.05, 0) is 6.92 Å². The highest BCUT2D eigenvalue weighted by Crippen LogP contribution is 2.43. The molecule has 84 heavy (non-hydrogen) atoms. The smallest absolute Gasteiger partial charge is 0.364 e. The second-order valence-corrected chi connectivity index (χ2v) is 21.9. The quantitative estimate of drug-likeness (QED) is 0.0404. The number of carboxylic acids is 2. The van der Waals surface area contributed by atoms with Crippen LogP contribution >= 0.6 is 0 Å². The molecule has 35 nitrogen and oxygen atoms in total. The van der Waals surface area contributed by atoms with Gasteiger partial charge in [-0.3, -0.25) is 4.79 Å². The van der Waals surface area contributed by atoms with Crippen molar-refractivity contribution in [3.63, 3.8) is 0 Å². The molecule has 32 atom stereocenters. The maximum atomic E-state index is 13.5. The first-order valence-corrected chi connectivity index (χ1v) is 27.3. The molecule has 6 rings (SSSR count). The molecule has 0 saturated carbocycles. The van der Waals surface area contributed by atoms with E-state index in [0.29, 0.717) is 0 Å². The number of aliphatic carboxylic acids is 2. The number of hydrogen-bond acceptors (Lipinski definition) is 32. The number of hydrogen-bond donors (Lipinski definition) is 20. The minimum atomic E-state index is -3.21. The number of carboxylic acid groups (broad SMARTS) is 2. The second-order valence-electron chi connectivity index (χ2n) is 21.9. The molecule has 0 radical (unpaired) electrons. The van der Waals surface area contributed by atoms with Crippen molar-refractivity contribution in [2.75, 3.05) is 46.2 Å². The lowest BCUT2D eigenvalue weighted by atomic mass is 9.84. The second kappa shape index (κ2) is 29.7.